The van der Waals surface area contributed by atoms with Crippen molar-refractivity contribution in [2.24, 2.45) is 5.41 Å². The van der Waals surface area contributed by atoms with Gasteiger partial charge in [-0.1, -0.05) is 13.8 Å². The number of nitrogens with zero attached hydrogens (tertiary/aromatic N) is 2. The molecule has 2 rings (SSSR count). The van der Waals surface area contributed by atoms with Gasteiger partial charge < -0.3 is 5.32 Å². The first-order valence-electron chi connectivity index (χ1n) is 7.33. The first-order valence-corrected chi connectivity index (χ1v) is 7.33. The minimum absolute atomic E-state index is 0.450. The van der Waals surface area contributed by atoms with Crippen molar-refractivity contribution in [3.05, 3.63) is 17.5 Å². The van der Waals surface area contributed by atoms with Crippen molar-refractivity contribution in [3.8, 4) is 0 Å². The minimum Gasteiger partial charge on any atom is -0.317 e. The lowest BCUT2D eigenvalue weighted by Gasteiger charge is -2.24. The number of hydrogen-bond donors (Lipinski definition) is 1. The Morgan fingerprint density at radius 1 is 1.50 bits per heavy atom. The van der Waals surface area contributed by atoms with Gasteiger partial charge in [0.25, 0.3) is 0 Å². The molecule has 0 aliphatic heterocycles. The molecule has 2 atom stereocenters. The van der Waals surface area contributed by atoms with Gasteiger partial charge in [0.1, 0.15) is 0 Å². The van der Waals surface area contributed by atoms with Crippen molar-refractivity contribution in [2.45, 2.75) is 65.5 Å². The summed E-state index contributed by atoms with van der Waals surface area (Å²) in [7, 11) is 2.09. The van der Waals surface area contributed by atoms with Crippen molar-refractivity contribution in [2.75, 3.05) is 7.05 Å². The normalized spacial score (nSPS) is 27.9. The van der Waals surface area contributed by atoms with Crippen LogP contribution in [0.3, 0.4) is 0 Å². The maximum Gasteiger partial charge on any atom is 0.0624 e. The molecule has 1 aliphatic rings. The van der Waals surface area contributed by atoms with Crippen molar-refractivity contribution in [1.29, 1.82) is 0 Å². The van der Waals surface area contributed by atoms with E-state index < -0.39 is 0 Å². The summed E-state index contributed by atoms with van der Waals surface area (Å²) in [6, 6.07) is 3.01. The van der Waals surface area contributed by atoms with Gasteiger partial charge in [0.15, 0.2) is 0 Å². The minimum atomic E-state index is 0.450. The lowest BCUT2D eigenvalue weighted by molar-refractivity contribution is 0.314. The third-order valence-electron chi connectivity index (χ3n) is 4.43. The van der Waals surface area contributed by atoms with Gasteiger partial charge in [0.2, 0.25) is 0 Å². The van der Waals surface area contributed by atoms with Gasteiger partial charge >= 0.3 is 0 Å². The fourth-order valence-electron chi connectivity index (χ4n) is 3.27. The molecule has 1 saturated carbocycles. The molecule has 0 saturated heterocycles. The first-order chi connectivity index (χ1) is 8.60. The summed E-state index contributed by atoms with van der Waals surface area (Å²) in [4.78, 5) is 0. The van der Waals surface area contributed by atoms with E-state index in [2.05, 4.69) is 49.0 Å². The third-order valence-corrected chi connectivity index (χ3v) is 4.43. The molecule has 0 amide bonds. The highest BCUT2D eigenvalue weighted by molar-refractivity contribution is 5.13. The maximum atomic E-state index is 4.66. The largest absolute Gasteiger partial charge is 0.317 e. The number of nitrogens with one attached hydrogen (secondary N) is 1. The molecule has 0 radical (unpaired) electrons. The van der Waals surface area contributed by atoms with Crippen LogP contribution in [-0.4, -0.2) is 22.9 Å². The molecule has 2 unspecified atom stereocenters. The topological polar surface area (TPSA) is 29.9 Å². The van der Waals surface area contributed by atoms with Gasteiger partial charge in [-0.3, -0.25) is 4.68 Å². The summed E-state index contributed by atoms with van der Waals surface area (Å²) in [5.74, 6) is 0. The van der Waals surface area contributed by atoms with Crippen LogP contribution in [0.25, 0.3) is 0 Å². The molecule has 102 valence electrons. The molecule has 0 spiro atoms. The van der Waals surface area contributed by atoms with E-state index in [0.29, 0.717) is 11.5 Å². The summed E-state index contributed by atoms with van der Waals surface area (Å²) in [6.45, 7) is 7.79. The van der Waals surface area contributed by atoms with E-state index in [1.54, 1.807) is 0 Å². The fraction of sp³-hybridized carbons (Fsp3) is 0.800. The van der Waals surface area contributed by atoms with Crippen molar-refractivity contribution in [1.82, 2.24) is 15.1 Å². The molecule has 1 aromatic rings. The highest BCUT2D eigenvalue weighted by Gasteiger charge is 2.35. The number of hydrogen-bond acceptors (Lipinski definition) is 2. The second-order valence-electron chi connectivity index (χ2n) is 6.01. The molecule has 1 fully saturated rings. The lowest BCUT2D eigenvalue weighted by Crippen LogP contribution is -2.25. The predicted molar refractivity (Wildman–Crippen MR) is 75.8 cm³/mol. The highest BCUT2D eigenvalue weighted by Crippen LogP contribution is 2.40. The van der Waals surface area contributed by atoms with Crippen LogP contribution in [0.5, 0.6) is 0 Å². The van der Waals surface area contributed by atoms with E-state index >= 15 is 0 Å². The van der Waals surface area contributed by atoms with Crippen LogP contribution in [0, 0.1) is 5.41 Å². The molecule has 0 bridgehead atoms. The van der Waals surface area contributed by atoms with Crippen LogP contribution in [0.15, 0.2) is 6.07 Å². The Hall–Kier alpha value is -0.830. The van der Waals surface area contributed by atoms with Crippen LogP contribution >= 0.6 is 0 Å². The van der Waals surface area contributed by atoms with E-state index in [-0.39, 0.29) is 0 Å². The molecule has 0 aromatic carbocycles. The third kappa shape index (κ3) is 2.77. The molecular weight excluding hydrogens is 222 g/mol. The van der Waals surface area contributed by atoms with Gasteiger partial charge in [-0.05, 0) is 57.6 Å². The molecule has 3 heteroatoms. The molecule has 18 heavy (non-hydrogen) atoms. The van der Waals surface area contributed by atoms with Gasteiger partial charge in [-0.2, -0.15) is 5.10 Å². The first kappa shape index (κ1) is 13.6. The van der Waals surface area contributed by atoms with E-state index in [0.717, 1.165) is 13.0 Å². The lowest BCUT2D eigenvalue weighted by atomic mass is 9.83. The standard InChI is InChI=1S/C15H27N3/c1-5-12-9-14(18(6-2)17-12)11-15(3)8-7-13(10-15)16-4/h9,13,16H,5-8,10-11H2,1-4H3. The van der Waals surface area contributed by atoms with Gasteiger partial charge in [0, 0.05) is 18.3 Å². The Bertz CT molecular complexity index is 396. The van der Waals surface area contributed by atoms with Crippen LogP contribution < -0.4 is 5.32 Å². The van der Waals surface area contributed by atoms with E-state index in [9.17, 15) is 0 Å². The van der Waals surface area contributed by atoms with Crippen molar-refractivity contribution >= 4 is 0 Å². The number of aromatic nitrogens is 2. The zero-order chi connectivity index (χ0) is 13.2. The van der Waals surface area contributed by atoms with Crippen LogP contribution in [0.1, 0.15) is 51.4 Å². The summed E-state index contributed by atoms with van der Waals surface area (Å²) in [5, 5.41) is 8.09. The molecule has 3 nitrogen and oxygen atoms in total. The van der Waals surface area contributed by atoms with E-state index in [4.69, 9.17) is 0 Å². The monoisotopic (exact) mass is 249 g/mol. The summed E-state index contributed by atoms with van der Waals surface area (Å²) in [5.41, 5.74) is 3.11. The SMILES string of the molecule is CCc1cc(CC2(C)CCC(NC)C2)n(CC)n1. The Labute approximate surface area is 111 Å². The Kier molecular flexibility index (Phi) is 4.10. The second-order valence-corrected chi connectivity index (χ2v) is 6.01. The Morgan fingerprint density at radius 3 is 2.83 bits per heavy atom. The highest BCUT2D eigenvalue weighted by atomic mass is 15.3. The predicted octanol–water partition coefficient (Wildman–Crippen LogP) is 2.79. The average molecular weight is 249 g/mol. The van der Waals surface area contributed by atoms with E-state index in [1.807, 2.05) is 0 Å². The molecular formula is C15H27N3. The van der Waals surface area contributed by atoms with Crippen molar-refractivity contribution in [3.63, 3.8) is 0 Å². The molecule has 1 N–H and O–H groups in total. The summed E-state index contributed by atoms with van der Waals surface area (Å²) in [6.07, 6.45) is 6.14. The van der Waals surface area contributed by atoms with Crippen molar-refractivity contribution < 1.29 is 0 Å². The average Bonchev–Trinajstić information content (AvgIpc) is 2.93. The quantitative estimate of drug-likeness (QED) is 0.869. The summed E-state index contributed by atoms with van der Waals surface area (Å²) >= 11 is 0. The Morgan fingerprint density at radius 2 is 2.28 bits per heavy atom. The molecule has 1 aromatic heterocycles. The zero-order valence-corrected chi connectivity index (χ0v) is 12.3. The second kappa shape index (κ2) is 5.43. The van der Waals surface area contributed by atoms with Gasteiger partial charge in [-0.25, -0.2) is 0 Å². The number of aryl methyl sites for hydroxylation is 2. The summed E-state index contributed by atoms with van der Waals surface area (Å²) < 4.78 is 2.19. The zero-order valence-electron chi connectivity index (χ0n) is 12.3. The van der Waals surface area contributed by atoms with Crippen LogP contribution in [-0.2, 0) is 19.4 Å². The van der Waals surface area contributed by atoms with Crippen LogP contribution in [0.4, 0.5) is 0 Å². The molecule has 1 heterocycles. The van der Waals surface area contributed by atoms with Gasteiger partial charge in [-0.15, -0.1) is 0 Å². The van der Waals surface area contributed by atoms with E-state index in [1.165, 1.54) is 37.1 Å². The molecule has 1 aliphatic carbocycles. The van der Waals surface area contributed by atoms with Gasteiger partial charge in [0.05, 0.1) is 5.69 Å². The maximum absolute atomic E-state index is 4.66. The number of rotatable bonds is 5. The Balaban J connectivity index is 2.11. The van der Waals surface area contributed by atoms with Crippen LogP contribution in [0.2, 0.25) is 0 Å². The fourth-order valence-corrected chi connectivity index (χ4v) is 3.27. The smallest absolute Gasteiger partial charge is 0.0624 e.